The van der Waals surface area contributed by atoms with E-state index in [1.165, 1.54) is 38.8 Å². The van der Waals surface area contributed by atoms with Crippen LogP contribution in [0.2, 0.25) is 0 Å². The largest absolute Gasteiger partial charge is 0.355 e. The van der Waals surface area contributed by atoms with Crippen LogP contribution in [-0.4, -0.2) is 41.3 Å². The Kier molecular flexibility index (Phi) is 5.02. The summed E-state index contributed by atoms with van der Waals surface area (Å²) in [6, 6.07) is 0. The maximum absolute atomic E-state index is 12.0. The highest BCUT2D eigenvalue weighted by atomic mass is 35.5. The second kappa shape index (κ2) is 6.19. The Morgan fingerprint density at radius 1 is 1.21 bits per heavy atom. The molecule has 1 aliphatic heterocycles. The van der Waals surface area contributed by atoms with Crippen LogP contribution in [0.1, 0.15) is 45.4 Å². The number of amides is 1. The molecule has 1 amide bonds. The van der Waals surface area contributed by atoms with Crippen LogP contribution in [0, 0.1) is 5.41 Å². The first-order chi connectivity index (χ1) is 8.96. The highest BCUT2D eigenvalue weighted by molar-refractivity contribution is 6.53. The number of hydrogen-bond donors (Lipinski definition) is 1. The maximum Gasteiger partial charge on any atom is 0.229 e. The lowest BCUT2D eigenvalue weighted by Crippen LogP contribution is -2.35. The van der Waals surface area contributed by atoms with Gasteiger partial charge in [-0.3, -0.25) is 4.79 Å². The molecule has 5 heteroatoms. The van der Waals surface area contributed by atoms with Crippen LogP contribution < -0.4 is 5.32 Å². The number of carbonyl (C=O) groups excluding carboxylic acids is 1. The van der Waals surface area contributed by atoms with Gasteiger partial charge in [-0.2, -0.15) is 0 Å². The summed E-state index contributed by atoms with van der Waals surface area (Å²) in [6.07, 6.45) is 6.90. The van der Waals surface area contributed by atoms with Gasteiger partial charge in [0, 0.05) is 6.54 Å². The first kappa shape index (κ1) is 15.4. The Bertz CT molecular complexity index is 327. The summed E-state index contributed by atoms with van der Waals surface area (Å²) in [6.45, 7) is 6.03. The molecule has 110 valence electrons. The average Bonchev–Trinajstić information content (AvgIpc) is 2.98. The molecule has 2 fully saturated rings. The molecule has 1 aliphatic carbocycles. The first-order valence-electron chi connectivity index (χ1n) is 7.34. The number of likely N-dealkylation sites (tertiary alicyclic amines) is 1. The Balaban J connectivity index is 1.60. The zero-order valence-electron chi connectivity index (χ0n) is 11.7. The van der Waals surface area contributed by atoms with Crippen molar-refractivity contribution in [2.24, 2.45) is 5.41 Å². The monoisotopic (exact) mass is 306 g/mol. The molecule has 1 saturated heterocycles. The van der Waals surface area contributed by atoms with Crippen LogP contribution in [0.4, 0.5) is 0 Å². The van der Waals surface area contributed by atoms with E-state index in [-0.39, 0.29) is 5.91 Å². The predicted molar refractivity (Wildman–Crippen MR) is 79.7 cm³/mol. The van der Waals surface area contributed by atoms with Crippen molar-refractivity contribution < 1.29 is 4.79 Å². The normalized spacial score (nSPS) is 30.7. The summed E-state index contributed by atoms with van der Waals surface area (Å²) in [4.78, 5) is 14.5. The summed E-state index contributed by atoms with van der Waals surface area (Å²) < 4.78 is -0.859. The SMILES string of the molecule is CC1(C(=O)NCCCN2CCCCCC2)CC1(Cl)Cl. The molecule has 0 aromatic heterocycles. The highest BCUT2D eigenvalue weighted by Gasteiger charge is 2.67. The molecule has 3 nitrogen and oxygen atoms in total. The van der Waals surface area contributed by atoms with Crippen LogP contribution in [0.15, 0.2) is 0 Å². The second-order valence-electron chi connectivity index (χ2n) is 6.08. The quantitative estimate of drug-likeness (QED) is 0.625. The smallest absolute Gasteiger partial charge is 0.229 e. The molecule has 0 aromatic carbocycles. The standard InChI is InChI=1S/C14H24Cl2N2O/c1-13(11-14(13,15)16)12(19)17-7-6-10-18-8-4-2-3-5-9-18/h2-11H2,1H3,(H,17,19). The molecule has 0 aromatic rings. The van der Waals surface area contributed by atoms with Gasteiger partial charge in [0.25, 0.3) is 0 Å². The summed E-state index contributed by atoms with van der Waals surface area (Å²) in [5, 5.41) is 2.96. The lowest BCUT2D eigenvalue weighted by atomic mass is 10.1. The molecule has 1 N–H and O–H groups in total. The Labute approximate surface area is 126 Å². The Morgan fingerprint density at radius 2 is 1.79 bits per heavy atom. The number of halogens is 2. The average molecular weight is 307 g/mol. The van der Waals surface area contributed by atoms with Crippen molar-refractivity contribution in [3.63, 3.8) is 0 Å². The molecular weight excluding hydrogens is 283 g/mol. The van der Waals surface area contributed by atoms with Gasteiger partial charge in [0.1, 0.15) is 4.33 Å². The van der Waals surface area contributed by atoms with Gasteiger partial charge in [-0.15, -0.1) is 23.2 Å². The van der Waals surface area contributed by atoms with E-state index < -0.39 is 9.75 Å². The molecule has 19 heavy (non-hydrogen) atoms. The van der Waals surface area contributed by atoms with Gasteiger partial charge in [0.2, 0.25) is 5.91 Å². The second-order valence-corrected chi connectivity index (χ2v) is 7.56. The van der Waals surface area contributed by atoms with E-state index in [2.05, 4.69) is 10.2 Å². The fourth-order valence-corrected chi connectivity index (χ4v) is 3.41. The lowest BCUT2D eigenvalue weighted by Gasteiger charge is -2.20. The van der Waals surface area contributed by atoms with Gasteiger partial charge < -0.3 is 10.2 Å². The summed E-state index contributed by atoms with van der Waals surface area (Å²) in [7, 11) is 0. The van der Waals surface area contributed by atoms with Crippen molar-refractivity contribution in [1.29, 1.82) is 0 Å². The fraction of sp³-hybridized carbons (Fsp3) is 0.929. The van der Waals surface area contributed by atoms with Gasteiger partial charge in [-0.25, -0.2) is 0 Å². The van der Waals surface area contributed by atoms with Crippen molar-refractivity contribution in [3.8, 4) is 0 Å². The highest BCUT2D eigenvalue weighted by Crippen LogP contribution is 2.63. The number of nitrogens with one attached hydrogen (secondary N) is 1. The minimum Gasteiger partial charge on any atom is -0.355 e. The number of hydrogen-bond acceptors (Lipinski definition) is 2. The summed E-state index contributed by atoms with van der Waals surface area (Å²) >= 11 is 12.0. The van der Waals surface area contributed by atoms with E-state index in [9.17, 15) is 4.79 Å². The lowest BCUT2D eigenvalue weighted by molar-refractivity contribution is -0.125. The van der Waals surface area contributed by atoms with Gasteiger partial charge in [0.15, 0.2) is 0 Å². The third-order valence-corrected chi connectivity index (χ3v) is 5.50. The summed E-state index contributed by atoms with van der Waals surface area (Å²) in [5.74, 6) is -0.00614. The molecule has 1 heterocycles. The van der Waals surface area contributed by atoms with Crippen molar-refractivity contribution in [2.45, 2.75) is 49.8 Å². The van der Waals surface area contributed by atoms with Crippen LogP contribution in [0.3, 0.4) is 0 Å². The number of rotatable bonds is 5. The molecule has 0 bridgehead atoms. The number of nitrogens with zero attached hydrogens (tertiary/aromatic N) is 1. The van der Waals surface area contributed by atoms with Crippen LogP contribution >= 0.6 is 23.2 Å². The van der Waals surface area contributed by atoms with E-state index in [0.717, 1.165) is 19.5 Å². The van der Waals surface area contributed by atoms with Crippen LogP contribution in [0.5, 0.6) is 0 Å². The molecule has 1 atom stereocenters. The number of alkyl halides is 2. The van der Waals surface area contributed by atoms with Crippen molar-refractivity contribution in [3.05, 3.63) is 0 Å². The molecule has 1 unspecified atom stereocenters. The van der Waals surface area contributed by atoms with E-state index in [1.807, 2.05) is 6.92 Å². The third kappa shape index (κ3) is 3.77. The van der Waals surface area contributed by atoms with Gasteiger partial charge in [-0.1, -0.05) is 12.8 Å². The van der Waals surface area contributed by atoms with E-state index >= 15 is 0 Å². The topological polar surface area (TPSA) is 32.3 Å². The van der Waals surface area contributed by atoms with Crippen molar-refractivity contribution in [1.82, 2.24) is 10.2 Å². The third-order valence-electron chi connectivity index (χ3n) is 4.39. The number of carbonyl (C=O) groups is 1. The van der Waals surface area contributed by atoms with Crippen molar-refractivity contribution >= 4 is 29.1 Å². The van der Waals surface area contributed by atoms with E-state index in [4.69, 9.17) is 23.2 Å². The molecule has 0 radical (unpaired) electrons. The minimum absolute atomic E-state index is 0.00614. The Hall–Kier alpha value is 0.01000. The molecule has 2 rings (SSSR count). The molecular formula is C14H24Cl2N2O. The minimum atomic E-state index is -0.859. The summed E-state index contributed by atoms with van der Waals surface area (Å²) in [5.41, 5.74) is -0.585. The van der Waals surface area contributed by atoms with Crippen molar-refractivity contribution in [2.75, 3.05) is 26.2 Å². The zero-order chi connectivity index (χ0) is 13.9. The van der Waals surface area contributed by atoms with Crippen LogP contribution in [0.25, 0.3) is 0 Å². The molecule has 2 aliphatic rings. The van der Waals surface area contributed by atoms with E-state index in [1.54, 1.807) is 0 Å². The zero-order valence-corrected chi connectivity index (χ0v) is 13.2. The molecule has 0 spiro atoms. The molecule has 1 saturated carbocycles. The Morgan fingerprint density at radius 3 is 2.32 bits per heavy atom. The van der Waals surface area contributed by atoms with E-state index in [0.29, 0.717) is 6.42 Å². The first-order valence-corrected chi connectivity index (χ1v) is 8.10. The predicted octanol–water partition coefficient (Wildman–Crippen LogP) is 2.95. The van der Waals surface area contributed by atoms with Crippen LogP contribution in [-0.2, 0) is 4.79 Å². The van der Waals surface area contributed by atoms with Gasteiger partial charge >= 0.3 is 0 Å². The fourth-order valence-electron chi connectivity index (χ4n) is 2.71. The van der Waals surface area contributed by atoms with Gasteiger partial charge in [-0.05, 0) is 52.2 Å². The van der Waals surface area contributed by atoms with Gasteiger partial charge in [0.05, 0.1) is 5.41 Å². The maximum atomic E-state index is 12.0.